The molecule has 16 heteroatoms. The van der Waals surface area contributed by atoms with Crippen molar-refractivity contribution in [3.05, 3.63) is 114 Å². The van der Waals surface area contributed by atoms with Gasteiger partial charge < -0.3 is 14.2 Å². The number of hydrogen-bond donors (Lipinski definition) is 1. The molecule has 4 aromatic rings. The van der Waals surface area contributed by atoms with Crippen LogP contribution in [0.25, 0.3) is 0 Å². The SMILES string of the molecule is COc1ccc(N(CC(=O)N/N=C\c2cc(Br)c(OCc3ccc(Cl)cc3Cl)c(OC)c2)S(=O)(=O)c2ccc(C)c([N+](=O)[O-])c2)cc1. The molecule has 0 aliphatic rings. The highest BCUT2D eigenvalue weighted by Gasteiger charge is 2.29. The molecule has 47 heavy (non-hydrogen) atoms. The summed E-state index contributed by atoms with van der Waals surface area (Å²) in [6.07, 6.45) is 1.33. The Labute approximate surface area is 289 Å². The number of rotatable bonds is 13. The van der Waals surface area contributed by atoms with Gasteiger partial charge in [0.05, 0.1) is 40.4 Å². The number of carbonyl (C=O) groups is 1. The predicted molar refractivity (Wildman–Crippen MR) is 183 cm³/mol. The number of nitro benzene ring substituents is 1. The van der Waals surface area contributed by atoms with Crippen molar-refractivity contribution in [2.45, 2.75) is 18.4 Å². The number of methoxy groups -OCH3 is 2. The number of nitrogens with zero attached hydrogens (tertiary/aromatic N) is 3. The minimum atomic E-state index is -4.44. The predicted octanol–water partition coefficient (Wildman–Crippen LogP) is 6.91. The summed E-state index contributed by atoms with van der Waals surface area (Å²) in [6, 6.07) is 17.8. The summed E-state index contributed by atoms with van der Waals surface area (Å²) in [5.74, 6) is 0.434. The normalized spacial score (nSPS) is 11.3. The number of ether oxygens (including phenoxy) is 3. The number of aryl methyl sites for hydroxylation is 1. The Hall–Kier alpha value is -4.37. The fourth-order valence-electron chi connectivity index (χ4n) is 4.22. The lowest BCUT2D eigenvalue weighted by Gasteiger charge is -2.24. The van der Waals surface area contributed by atoms with Crippen molar-refractivity contribution in [1.29, 1.82) is 0 Å². The summed E-state index contributed by atoms with van der Waals surface area (Å²) in [6.45, 7) is 0.937. The van der Waals surface area contributed by atoms with Crippen LogP contribution in [-0.2, 0) is 21.4 Å². The average molecular weight is 766 g/mol. The highest BCUT2D eigenvalue weighted by molar-refractivity contribution is 9.10. The van der Waals surface area contributed by atoms with E-state index in [4.69, 9.17) is 37.4 Å². The zero-order valence-corrected chi connectivity index (χ0v) is 29.0. The van der Waals surface area contributed by atoms with E-state index < -0.39 is 27.4 Å². The second-order valence-corrected chi connectivity index (χ2v) is 13.3. The molecule has 0 aromatic heterocycles. The molecule has 0 heterocycles. The highest BCUT2D eigenvalue weighted by atomic mass is 79.9. The van der Waals surface area contributed by atoms with E-state index in [2.05, 4.69) is 26.5 Å². The first-order valence-corrected chi connectivity index (χ1v) is 16.5. The third kappa shape index (κ3) is 8.71. The average Bonchev–Trinajstić information content (AvgIpc) is 3.03. The second kappa shape index (κ2) is 15.5. The van der Waals surface area contributed by atoms with Gasteiger partial charge in [-0.25, -0.2) is 13.8 Å². The fourth-order valence-corrected chi connectivity index (χ4v) is 6.70. The summed E-state index contributed by atoms with van der Waals surface area (Å²) < 4.78 is 45.4. The Balaban J connectivity index is 1.53. The van der Waals surface area contributed by atoms with E-state index in [1.54, 1.807) is 30.3 Å². The Morgan fingerprint density at radius 2 is 1.77 bits per heavy atom. The van der Waals surface area contributed by atoms with Gasteiger partial charge in [-0.1, -0.05) is 35.3 Å². The Morgan fingerprint density at radius 1 is 1.04 bits per heavy atom. The van der Waals surface area contributed by atoms with Crippen molar-refractivity contribution in [2.24, 2.45) is 5.10 Å². The first-order chi connectivity index (χ1) is 22.3. The van der Waals surface area contributed by atoms with E-state index in [0.29, 0.717) is 42.9 Å². The third-order valence-electron chi connectivity index (χ3n) is 6.65. The molecule has 1 N–H and O–H groups in total. The second-order valence-electron chi connectivity index (χ2n) is 9.77. The number of amides is 1. The van der Waals surface area contributed by atoms with Gasteiger partial charge in [-0.3, -0.25) is 19.2 Å². The number of carbonyl (C=O) groups excluding carboxylic acids is 1. The maximum absolute atomic E-state index is 13.7. The van der Waals surface area contributed by atoms with Gasteiger partial charge >= 0.3 is 0 Å². The van der Waals surface area contributed by atoms with Crippen LogP contribution in [0.3, 0.4) is 0 Å². The number of anilines is 1. The molecule has 0 saturated carbocycles. The first-order valence-electron chi connectivity index (χ1n) is 13.5. The molecule has 12 nitrogen and oxygen atoms in total. The molecule has 0 radical (unpaired) electrons. The monoisotopic (exact) mass is 764 g/mol. The topological polar surface area (TPSA) is 150 Å². The first kappa shape index (κ1) is 35.5. The van der Waals surface area contributed by atoms with Crippen molar-refractivity contribution < 1.29 is 32.3 Å². The Kier molecular flexibility index (Phi) is 11.7. The Morgan fingerprint density at radius 3 is 2.40 bits per heavy atom. The highest BCUT2D eigenvalue weighted by Crippen LogP contribution is 2.37. The molecule has 1 amide bonds. The van der Waals surface area contributed by atoms with Crippen LogP contribution in [-0.4, -0.2) is 46.2 Å². The molecule has 0 aliphatic heterocycles. The molecule has 0 atom stereocenters. The lowest BCUT2D eigenvalue weighted by molar-refractivity contribution is -0.385. The maximum Gasteiger partial charge on any atom is 0.273 e. The van der Waals surface area contributed by atoms with Crippen molar-refractivity contribution >= 4 is 72.7 Å². The van der Waals surface area contributed by atoms with Crippen LogP contribution in [0.15, 0.2) is 87.3 Å². The van der Waals surface area contributed by atoms with Crippen LogP contribution in [0, 0.1) is 17.0 Å². The van der Waals surface area contributed by atoms with Crippen molar-refractivity contribution in [1.82, 2.24) is 5.43 Å². The third-order valence-corrected chi connectivity index (χ3v) is 9.60. The van der Waals surface area contributed by atoms with Crippen LogP contribution >= 0.6 is 39.1 Å². The van der Waals surface area contributed by atoms with E-state index in [9.17, 15) is 23.3 Å². The zero-order chi connectivity index (χ0) is 34.3. The molecule has 246 valence electrons. The summed E-state index contributed by atoms with van der Waals surface area (Å²) in [5.41, 5.74) is 3.58. The van der Waals surface area contributed by atoms with E-state index in [1.807, 2.05) is 0 Å². The number of nitrogens with one attached hydrogen (secondary N) is 1. The van der Waals surface area contributed by atoms with Crippen LogP contribution in [0.2, 0.25) is 10.0 Å². The van der Waals surface area contributed by atoms with Crippen LogP contribution in [0.1, 0.15) is 16.7 Å². The standard InChI is InChI=1S/C31H27BrCl2N4O8S/c1-19-4-11-25(15-28(19)38(40)41)47(42,43)37(23-7-9-24(44-2)10-8-23)17-30(39)36-35-16-20-12-26(32)31(29(13-20)45-3)46-18-21-5-6-22(33)14-27(21)34/h4-16H,17-18H2,1-3H3,(H,36,39)/b35-16-. The zero-order valence-electron chi connectivity index (χ0n) is 25.1. The summed E-state index contributed by atoms with van der Waals surface area (Å²) in [4.78, 5) is 23.5. The Bertz CT molecular complexity index is 1940. The number of halogens is 3. The molecule has 0 spiro atoms. The quantitative estimate of drug-likeness (QED) is 0.0877. The van der Waals surface area contributed by atoms with E-state index in [1.165, 1.54) is 63.8 Å². The summed E-state index contributed by atoms with van der Waals surface area (Å²) >= 11 is 15.7. The largest absolute Gasteiger partial charge is 0.497 e. The number of benzene rings is 4. The van der Waals surface area contributed by atoms with Crippen molar-refractivity contribution in [3.63, 3.8) is 0 Å². The van der Waals surface area contributed by atoms with Crippen molar-refractivity contribution in [3.8, 4) is 17.2 Å². The van der Waals surface area contributed by atoms with Gasteiger partial charge in [-0.2, -0.15) is 5.10 Å². The summed E-state index contributed by atoms with van der Waals surface area (Å²) in [7, 11) is -1.53. The molecule has 0 bridgehead atoms. The van der Waals surface area contributed by atoms with Crippen molar-refractivity contribution in [2.75, 3.05) is 25.1 Å². The van der Waals surface area contributed by atoms with Crippen LogP contribution < -0.4 is 23.9 Å². The number of sulfonamides is 1. The van der Waals surface area contributed by atoms with Crippen LogP contribution in [0.5, 0.6) is 17.2 Å². The van der Waals surface area contributed by atoms with E-state index in [0.717, 1.165) is 10.4 Å². The maximum atomic E-state index is 13.7. The van der Waals surface area contributed by atoms with Gasteiger partial charge in [-0.15, -0.1) is 0 Å². The van der Waals surface area contributed by atoms with Gasteiger partial charge in [0.15, 0.2) is 11.5 Å². The molecule has 4 rings (SSSR count). The molecular weight excluding hydrogens is 739 g/mol. The minimum absolute atomic E-state index is 0.123. The summed E-state index contributed by atoms with van der Waals surface area (Å²) in [5, 5.41) is 16.4. The number of nitro groups is 1. The lowest BCUT2D eigenvalue weighted by atomic mass is 10.2. The van der Waals surface area contributed by atoms with E-state index >= 15 is 0 Å². The van der Waals surface area contributed by atoms with Gasteiger partial charge in [0.25, 0.3) is 21.6 Å². The minimum Gasteiger partial charge on any atom is -0.497 e. The molecular formula is C31H27BrCl2N4O8S. The van der Waals surface area contributed by atoms with Gasteiger partial charge in [0.2, 0.25) is 0 Å². The smallest absolute Gasteiger partial charge is 0.273 e. The number of hydrogen-bond acceptors (Lipinski definition) is 9. The molecule has 0 saturated heterocycles. The van der Waals surface area contributed by atoms with Crippen LogP contribution in [0.4, 0.5) is 11.4 Å². The van der Waals surface area contributed by atoms with Gasteiger partial charge in [0.1, 0.15) is 18.9 Å². The molecule has 4 aromatic carbocycles. The molecule has 0 unspecified atom stereocenters. The fraction of sp³-hybridized carbons (Fsp3) is 0.161. The lowest BCUT2D eigenvalue weighted by Crippen LogP contribution is -2.39. The number of hydrazone groups is 1. The van der Waals surface area contributed by atoms with E-state index in [-0.39, 0.29) is 28.4 Å². The molecule has 0 aliphatic carbocycles. The molecule has 0 fully saturated rings. The van der Waals surface area contributed by atoms with Gasteiger partial charge in [0, 0.05) is 27.2 Å². The van der Waals surface area contributed by atoms with Gasteiger partial charge in [-0.05, 0) is 83.0 Å².